The summed E-state index contributed by atoms with van der Waals surface area (Å²) >= 11 is 0. The maximum absolute atomic E-state index is 13.7. The van der Waals surface area contributed by atoms with Crippen molar-refractivity contribution >= 4 is 16.0 Å². The molecular weight excluding hydrogens is 359 g/mol. The molecule has 3 unspecified atom stereocenters. The van der Waals surface area contributed by atoms with Crippen LogP contribution in [0.4, 0.5) is 4.39 Å². The van der Waals surface area contributed by atoms with Gasteiger partial charge in [-0.25, -0.2) is 12.8 Å². The van der Waals surface area contributed by atoms with Crippen molar-refractivity contribution in [1.29, 1.82) is 0 Å². The van der Waals surface area contributed by atoms with E-state index in [0.29, 0.717) is 38.0 Å². The predicted octanol–water partition coefficient (Wildman–Crippen LogP) is 1.83. The predicted molar refractivity (Wildman–Crippen MR) is 95.4 cm³/mol. The zero-order valence-corrected chi connectivity index (χ0v) is 15.7. The zero-order valence-electron chi connectivity index (χ0n) is 14.9. The van der Waals surface area contributed by atoms with E-state index in [-0.39, 0.29) is 0 Å². The summed E-state index contributed by atoms with van der Waals surface area (Å²) < 4.78 is 46.8. The van der Waals surface area contributed by atoms with Gasteiger partial charge in [0.25, 0.3) is 0 Å². The fourth-order valence-corrected chi connectivity index (χ4v) is 6.41. The Morgan fingerprint density at radius 3 is 2.81 bits per heavy atom. The number of piperazine rings is 1. The Hall–Kier alpha value is -1.51. The van der Waals surface area contributed by atoms with Gasteiger partial charge in [-0.15, -0.1) is 0 Å². The molecule has 1 saturated heterocycles. The maximum Gasteiger partial charge on any atom is 0.310 e. The number of benzene rings is 1. The van der Waals surface area contributed by atoms with Crippen LogP contribution in [0.15, 0.2) is 24.3 Å². The van der Waals surface area contributed by atoms with Crippen LogP contribution in [0, 0.1) is 11.7 Å². The van der Waals surface area contributed by atoms with Gasteiger partial charge in [-0.1, -0.05) is 25.0 Å². The molecule has 0 radical (unpaired) electrons. The van der Waals surface area contributed by atoms with Crippen LogP contribution in [0.5, 0.6) is 0 Å². The minimum Gasteiger partial charge on any atom is -0.469 e. The molecule has 1 aliphatic carbocycles. The Labute approximate surface area is 153 Å². The second-order valence-corrected chi connectivity index (χ2v) is 8.99. The number of methoxy groups -OCH3 is 1. The van der Waals surface area contributed by atoms with Crippen LogP contribution in [0.2, 0.25) is 0 Å². The third kappa shape index (κ3) is 3.77. The van der Waals surface area contributed by atoms with Crippen molar-refractivity contribution in [2.45, 2.75) is 37.0 Å². The van der Waals surface area contributed by atoms with Gasteiger partial charge in [0.2, 0.25) is 10.0 Å². The summed E-state index contributed by atoms with van der Waals surface area (Å²) in [7, 11) is -2.44. The first-order valence-corrected chi connectivity index (χ1v) is 10.5. The quantitative estimate of drug-likeness (QED) is 0.802. The highest BCUT2D eigenvalue weighted by Gasteiger charge is 2.45. The van der Waals surface area contributed by atoms with Gasteiger partial charge >= 0.3 is 5.97 Å². The van der Waals surface area contributed by atoms with E-state index in [1.807, 2.05) is 0 Å². The average Bonchev–Trinajstić information content (AvgIpc) is 2.67. The number of ether oxygens (including phenoxy) is 1. The lowest BCUT2D eigenvalue weighted by molar-refractivity contribution is -0.146. The highest BCUT2D eigenvalue weighted by atomic mass is 32.2. The van der Waals surface area contributed by atoms with Crippen molar-refractivity contribution in [3.05, 3.63) is 35.6 Å². The standard InChI is InChI=1S/C18H25FN2O4S/c1-25-18(22)15-7-2-3-8-17(15)26(23,24)21-10-9-20-12-16(21)13-5-4-6-14(19)11-13/h4-6,11,15-17,20H,2-3,7-10,12H2,1H3. The van der Waals surface area contributed by atoms with E-state index < -0.39 is 39.0 Å². The van der Waals surface area contributed by atoms with Gasteiger partial charge in [0.15, 0.2) is 0 Å². The second kappa shape index (κ2) is 8.02. The van der Waals surface area contributed by atoms with Gasteiger partial charge < -0.3 is 10.1 Å². The van der Waals surface area contributed by atoms with Gasteiger partial charge in [-0.2, -0.15) is 4.31 Å². The molecule has 0 spiro atoms. The van der Waals surface area contributed by atoms with E-state index >= 15 is 0 Å². The SMILES string of the molecule is COC(=O)C1CCCCC1S(=O)(=O)N1CCNCC1c1cccc(F)c1. The van der Waals surface area contributed by atoms with Gasteiger partial charge in [0.05, 0.1) is 24.3 Å². The van der Waals surface area contributed by atoms with Crippen LogP contribution in [0.1, 0.15) is 37.3 Å². The minimum absolute atomic E-state index is 0.300. The molecule has 6 nitrogen and oxygen atoms in total. The van der Waals surface area contributed by atoms with E-state index in [9.17, 15) is 17.6 Å². The number of halogens is 1. The van der Waals surface area contributed by atoms with Crippen molar-refractivity contribution < 1.29 is 22.3 Å². The van der Waals surface area contributed by atoms with Crippen LogP contribution in [0.3, 0.4) is 0 Å². The normalized spacial score (nSPS) is 27.8. The Balaban J connectivity index is 1.93. The summed E-state index contributed by atoms with van der Waals surface area (Å²) in [5.41, 5.74) is 0.617. The van der Waals surface area contributed by atoms with Gasteiger partial charge in [-0.05, 0) is 30.5 Å². The number of nitrogens with one attached hydrogen (secondary N) is 1. The van der Waals surface area contributed by atoms with Crippen LogP contribution < -0.4 is 5.32 Å². The minimum atomic E-state index is -3.73. The molecule has 144 valence electrons. The lowest BCUT2D eigenvalue weighted by atomic mass is 9.89. The van der Waals surface area contributed by atoms with E-state index in [4.69, 9.17) is 4.74 Å². The number of esters is 1. The Bertz CT molecular complexity index is 755. The summed E-state index contributed by atoms with van der Waals surface area (Å²) in [4.78, 5) is 12.1. The molecule has 3 atom stereocenters. The third-order valence-corrected chi connectivity index (χ3v) is 7.76. The first-order chi connectivity index (χ1) is 12.4. The van der Waals surface area contributed by atoms with Gasteiger partial charge in [0.1, 0.15) is 5.82 Å². The molecule has 3 rings (SSSR count). The highest BCUT2D eigenvalue weighted by Crippen LogP contribution is 2.36. The fraction of sp³-hybridized carbons (Fsp3) is 0.611. The number of nitrogens with zero attached hydrogens (tertiary/aromatic N) is 1. The number of sulfonamides is 1. The van der Waals surface area contributed by atoms with Crippen LogP contribution in [-0.4, -0.2) is 50.7 Å². The molecule has 2 fully saturated rings. The van der Waals surface area contributed by atoms with Crippen molar-refractivity contribution in [3.8, 4) is 0 Å². The maximum atomic E-state index is 13.7. The van der Waals surface area contributed by atoms with Crippen LogP contribution in [0.25, 0.3) is 0 Å². The zero-order chi connectivity index (χ0) is 18.7. The monoisotopic (exact) mass is 384 g/mol. The van der Waals surface area contributed by atoms with Crippen LogP contribution >= 0.6 is 0 Å². The largest absolute Gasteiger partial charge is 0.469 e. The molecule has 1 N–H and O–H groups in total. The Morgan fingerprint density at radius 2 is 2.08 bits per heavy atom. The second-order valence-electron chi connectivity index (χ2n) is 6.88. The van der Waals surface area contributed by atoms with Crippen molar-refractivity contribution in [2.24, 2.45) is 5.92 Å². The fourth-order valence-electron chi connectivity index (χ4n) is 4.04. The lowest BCUT2D eigenvalue weighted by Gasteiger charge is -2.40. The van der Waals surface area contributed by atoms with Gasteiger partial charge in [-0.3, -0.25) is 4.79 Å². The number of rotatable bonds is 4. The number of hydrogen-bond acceptors (Lipinski definition) is 5. The molecule has 1 heterocycles. The molecule has 0 amide bonds. The summed E-state index contributed by atoms with van der Waals surface area (Å²) in [6.45, 7) is 1.24. The first kappa shape index (κ1) is 19.3. The smallest absolute Gasteiger partial charge is 0.310 e. The van der Waals surface area contributed by atoms with E-state index in [2.05, 4.69) is 5.32 Å². The number of hydrogen-bond donors (Lipinski definition) is 1. The average molecular weight is 384 g/mol. The van der Waals surface area contributed by atoms with Crippen molar-refractivity contribution in [1.82, 2.24) is 9.62 Å². The Kier molecular flexibility index (Phi) is 5.94. The molecule has 1 aromatic rings. The van der Waals surface area contributed by atoms with Gasteiger partial charge in [0, 0.05) is 19.6 Å². The molecule has 26 heavy (non-hydrogen) atoms. The first-order valence-electron chi connectivity index (χ1n) is 9.00. The molecule has 1 saturated carbocycles. The molecule has 1 aromatic carbocycles. The molecule has 0 aromatic heterocycles. The van der Waals surface area contributed by atoms with Crippen molar-refractivity contribution in [3.63, 3.8) is 0 Å². The lowest BCUT2D eigenvalue weighted by Crippen LogP contribution is -2.53. The van der Waals surface area contributed by atoms with E-state index in [1.165, 1.54) is 23.5 Å². The topological polar surface area (TPSA) is 75.7 Å². The summed E-state index contributed by atoms with van der Waals surface area (Å²) in [5.74, 6) is -1.49. The van der Waals surface area contributed by atoms with E-state index in [0.717, 1.165) is 12.8 Å². The molecule has 8 heteroatoms. The number of carbonyl (C=O) groups excluding carboxylic acids is 1. The summed E-state index contributed by atoms with van der Waals surface area (Å²) in [5, 5.41) is 2.40. The van der Waals surface area contributed by atoms with Crippen molar-refractivity contribution in [2.75, 3.05) is 26.7 Å². The third-order valence-electron chi connectivity index (χ3n) is 5.34. The summed E-state index contributed by atoms with van der Waals surface area (Å²) in [6.07, 6.45) is 2.56. The molecule has 0 bridgehead atoms. The molecular formula is C18H25FN2O4S. The summed E-state index contributed by atoms with van der Waals surface area (Å²) in [6, 6.07) is 5.56. The molecule has 2 aliphatic rings. The Morgan fingerprint density at radius 1 is 1.31 bits per heavy atom. The van der Waals surface area contributed by atoms with Crippen LogP contribution in [-0.2, 0) is 19.6 Å². The molecule has 1 aliphatic heterocycles. The number of carbonyl (C=O) groups is 1. The highest BCUT2D eigenvalue weighted by molar-refractivity contribution is 7.89. The van der Waals surface area contributed by atoms with E-state index in [1.54, 1.807) is 12.1 Å².